The number of unbranched alkanes of at least 4 members (excludes halogenated alkanes) is 1. The summed E-state index contributed by atoms with van der Waals surface area (Å²) in [6.45, 7) is 48.1. The Hall–Kier alpha value is -4.50. The number of halogens is 9. The van der Waals surface area contributed by atoms with Gasteiger partial charge in [-0.25, -0.2) is 0 Å². The molecule has 129 heavy (non-hydrogen) atoms. The molecule has 0 spiro atoms. The minimum Gasteiger partial charge on any atom is -0.395 e. The standard InChI is InChI=1S/C13H21ClN2.C12H18BrN.C12H19ClN2.C11H17ClN2O.3C11H17ClN2.C11H17IN2.C10H15ClN2/c1-2-3-8-16(9-7-15)11-12-5-4-6-13(14)10-12;1-3-8-14(4-2)10-11-6-5-7-12(13)9-11;1-2-7-15(8-6-14)10-11-4-3-5-12(13)9-11;12-11-3-1-2-10(8-11)9-14(5-4-13)6-7-15;1-2-14(8-7-13)9-10-3-5-11(12)6-4-10;1-2-14(7-6-13)9-10-4-3-5-11(12)8-10;1-2-14(8-7-13)9-10-5-3-4-6-11(10)12;1-2-14(7-6-13)9-10-4-3-5-11(12)8-10;1-13(6-5-12)8-9-3-2-4-10(11)7-9/h4-6,10H,2-3,7-9,11,15H2,1H3;5-7,9H,3-4,8,10H2,1-2H3;3-5,9H,2,6-8,10,14H2,1H3;1-3,8,15H,4-7,9,13H2;3-6H,2,7-9,13H2,1H3;3-5,8H,2,6-7,9,13H2,1H3;3-6H,2,7-9,13H2,1H3;3-5,8H,2,6-7,9,13H2,1H3;2-4,7H,5-6,8,12H2,1H3. The van der Waals surface area contributed by atoms with Crippen LogP contribution in [0.25, 0.3) is 0 Å². The summed E-state index contributed by atoms with van der Waals surface area (Å²) in [7, 11) is 2.05. The molecule has 0 fully saturated rings. The molecule has 0 radical (unpaired) electrons. The topological polar surface area (TPSA) is 258 Å². The van der Waals surface area contributed by atoms with E-state index in [2.05, 4.69) is 229 Å². The van der Waals surface area contributed by atoms with E-state index in [-0.39, 0.29) is 6.61 Å². The summed E-state index contributed by atoms with van der Waals surface area (Å²) >= 11 is 47.3. The normalized spacial score (nSPS) is 10.9. The average Bonchev–Trinajstić information content (AvgIpc) is 0.880. The van der Waals surface area contributed by atoms with Gasteiger partial charge in [0.15, 0.2) is 0 Å². The second-order valence-electron chi connectivity index (χ2n) is 30.9. The van der Waals surface area contributed by atoms with E-state index in [1.165, 1.54) is 78.4 Å². The summed E-state index contributed by atoms with van der Waals surface area (Å²) in [5.41, 5.74) is 55.6. The molecule has 0 unspecified atom stereocenters. The lowest BCUT2D eigenvalue weighted by Crippen LogP contribution is -2.31. The molecule has 9 aromatic rings. The molecule has 0 amide bonds. The van der Waals surface area contributed by atoms with Gasteiger partial charge in [0.1, 0.15) is 0 Å². The zero-order valence-corrected chi connectivity index (χ0v) is 87.9. The van der Waals surface area contributed by atoms with Crippen LogP contribution in [-0.4, -0.2) is 226 Å². The summed E-state index contributed by atoms with van der Waals surface area (Å²) in [6.07, 6.45) is 4.82. The minimum absolute atomic E-state index is 0.153. The second-order valence-corrected chi connectivity index (χ2v) is 36.1. The smallest absolute Gasteiger partial charge is 0.0558 e. The van der Waals surface area contributed by atoms with Crippen LogP contribution in [0, 0.1) is 3.57 Å². The van der Waals surface area contributed by atoms with Crippen LogP contribution >= 0.6 is 120 Å². The molecule has 27 heteroatoms. The van der Waals surface area contributed by atoms with Gasteiger partial charge in [0, 0.05) is 213 Å². The number of nitrogens with zero attached hydrogens (tertiary/aromatic N) is 9. The Morgan fingerprint density at radius 3 is 0.899 bits per heavy atom. The van der Waals surface area contributed by atoms with Crippen LogP contribution in [0.15, 0.2) is 223 Å². The molecule has 0 saturated heterocycles. The van der Waals surface area contributed by atoms with E-state index in [0.29, 0.717) is 52.4 Å². The first-order valence-electron chi connectivity index (χ1n) is 45.7. The number of rotatable bonds is 48. The molecule has 720 valence electrons. The molecule has 0 aliphatic carbocycles. The lowest BCUT2D eigenvalue weighted by atomic mass is 10.2. The van der Waals surface area contributed by atoms with Crippen molar-refractivity contribution in [1.29, 1.82) is 0 Å². The molecule has 0 bridgehead atoms. The third-order valence-electron chi connectivity index (χ3n) is 20.0. The number of hydrogen-bond donors (Lipinski definition) is 9. The lowest BCUT2D eigenvalue weighted by molar-refractivity contribution is 0.194. The Kier molecular flexibility index (Phi) is 76.7. The highest BCUT2D eigenvalue weighted by atomic mass is 127. The molecule has 17 N–H and O–H groups in total. The van der Waals surface area contributed by atoms with Crippen molar-refractivity contribution >= 4 is 120 Å². The SMILES string of the molecule is CCCCN(CCN)Cc1cccc(Cl)c1.CCCN(CC)Cc1cccc(Br)c1.CCCN(CCN)Cc1cccc(Cl)c1.CCN(CCN)Cc1ccc(Cl)cc1.CCN(CCN)Cc1cccc(Cl)c1.CCN(CCN)Cc1cccc(I)c1.CCN(CCN)Cc1ccccc1Cl.CN(CCN)Cc1cccc(Cl)c1.NCCN(CCO)Cc1cccc(Cl)c1. The molecule has 0 saturated carbocycles. The largest absolute Gasteiger partial charge is 0.395 e. The predicted octanol–water partition coefficient (Wildman–Crippen LogP) is 20.3. The van der Waals surface area contributed by atoms with Crippen molar-refractivity contribution < 1.29 is 5.11 Å². The number of nitrogens with two attached hydrogens (primary N) is 8. The van der Waals surface area contributed by atoms with Gasteiger partial charge in [-0.1, -0.05) is 274 Å². The fourth-order valence-electron chi connectivity index (χ4n) is 13.3. The van der Waals surface area contributed by atoms with Crippen LogP contribution in [0.5, 0.6) is 0 Å². The molecule has 0 aliphatic heterocycles. The average molecular weight is 2090 g/mol. The van der Waals surface area contributed by atoms with Gasteiger partial charge in [-0.05, 0) is 254 Å². The Morgan fingerprint density at radius 1 is 0.271 bits per heavy atom. The number of likely N-dealkylation sites (N-methyl/N-ethyl adjacent to an activating group) is 5. The molecule has 18 nitrogen and oxygen atoms in total. The van der Waals surface area contributed by atoms with Crippen molar-refractivity contribution in [3.8, 4) is 0 Å². The van der Waals surface area contributed by atoms with Gasteiger partial charge in [0.25, 0.3) is 0 Å². The Bertz CT molecular complexity index is 3970. The zero-order valence-electron chi connectivity index (χ0n) is 78.9. The maximum absolute atomic E-state index is 8.89. The van der Waals surface area contributed by atoms with Crippen LogP contribution < -0.4 is 45.9 Å². The summed E-state index contributed by atoms with van der Waals surface area (Å²) in [5.74, 6) is 0. The van der Waals surface area contributed by atoms with E-state index >= 15 is 0 Å². The third-order valence-corrected chi connectivity index (χ3v) is 22.9. The third kappa shape index (κ3) is 63.5. The van der Waals surface area contributed by atoms with E-state index in [1.54, 1.807) is 0 Å². The second kappa shape index (κ2) is 80.7. The maximum atomic E-state index is 8.89. The van der Waals surface area contributed by atoms with Gasteiger partial charge in [-0.2, -0.15) is 0 Å². The first-order valence-corrected chi connectivity index (χ1v) is 50.2. The Morgan fingerprint density at radius 2 is 0.566 bits per heavy atom. The van der Waals surface area contributed by atoms with Crippen LogP contribution in [0.4, 0.5) is 0 Å². The van der Waals surface area contributed by atoms with E-state index in [4.69, 9.17) is 132 Å². The zero-order chi connectivity index (χ0) is 95.6. The maximum Gasteiger partial charge on any atom is 0.0558 e. The molecule has 0 aliphatic rings. The van der Waals surface area contributed by atoms with Gasteiger partial charge >= 0.3 is 0 Å². The highest BCUT2D eigenvalue weighted by Crippen LogP contribution is 2.21. The van der Waals surface area contributed by atoms with Crippen molar-refractivity contribution in [1.82, 2.24) is 44.1 Å². The van der Waals surface area contributed by atoms with E-state index in [1.807, 2.05) is 134 Å². The molecular formula is C102H158BrCl7IN17O. The van der Waals surface area contributed by atoms with Gasteiger partial charge in [-0.3, -0.25) is 39.2 Å². The van der Waals surface area contributed by atoms with Crippen LogP contribution in [0.2, 0.25) is 35.2 Å². The van der Waals surface area contributed by atoms with Crippen molar-refractivity contribution in [2.45, 2.75) is 140 Å². The van der Waals surface area contributed by atoms with Crippen LogP contribution in [0.3, 0.4) is 0 Å². The van der Waals surface area contributed by atoms with Crippen molar-refractivity contribution in [2.75, 3.05) is 177 Å². The molecular weight excluding hydrogens is 1930 g/mol. The number of hydrogen-bond acceptors (Lipinski definition) is 18. The van der Waals surface area contributed by atoms with Gasteiger partial charge in [-0.15, -0.1) is 0 Å². The minimum atomic E-state index is 0.153. The van der Waals surface area contributed by atoms with Crippen molar-refractivity contribution in [2.24, 2.45) is 45.9 Å². The monoisotopic (exact) mass is 2090 g/mol. The lowest BCUT2D eigenvalue weighted by Gasteiger charge is -2.21. The van der Waals surface area contributed by atoms with Gasteiger partial charge < -0.3 is 55.9 Å². The van der Waals surface area contributed by atoms with E-state index in [0.717, 1.165) is 211 Å². The Balaban J connectivity index is 0.000000726. The highest BCUT2D eigenvalue weighted by Gasteiger charge is 2.12. The molecule has 0 heterocycles. The summed E-state index contributed by atoms with van der Waals surface area (Å²) in [4.78, 5) is 20.7. The van der Waals surface area contributed by atoms with Crippen LogP contribution in [0.1, 0.15) is 131 Å². The quantitative estimate of drug-likeness (QED) is 0.0161. The predicted molar refractivity (Wildman–Crippen MR) is 575 cm³/mol. The molecule has 0 atom stereocenters. The molecule has 0 aromatic heterocycles. The highest BCUT2D eigenvalue weighted by molar-refractivity contribution is 14.1. The van der Waals surface area contributed by atoms with E-state index < -0.39 is 0 Å². The first kappa shape index (κ1) is 123. The number of benzene rings is 9. The fraction of sp³-hybridized carbons (Fsp3) is 0.471. The first-order chi connectivity index (χ1) is 62.3. The van der Waals surface area contributed by atoms with E-state index in [9.17, 15) is 0 Å². The fourth-order valence-corrected chi connectivity index (χ4v) is 15.8. The van der Waals surface area contributed by atoms with Crippen LogP contribution in [-0.2, 0) is 58.9 Å². The van der Waals surface area contributed by atoms with Crippen molar-refractivity contribution in [3.05, 3.63) is 312 Å². The summed E-state index contributed by atoms with van der Waals surface area (Å²) in [5, 5.41) is 14.4. The Labute approximate surface area is 836 Å². The molecule has 9 aromatic carbocycles. The molecule has 9 rings (SSSR count). The van der Waals surface area contributed by atoms with Gasteiger partial charge in [0.05, 0.1) is 6.61 Å². The summed E-state index contributed by atoms with van der Waals surface area (Å²) < 4.78 is 2.46. The summed E-state index contributed by atoms with van der Waals surface area (Å²) in [6, 6.07) is 72.7. The number of aliphatic hydroxyl groups is 1. The van der Waals surface area contributed by atoms with Gasteiger partial charge in [0.2, 0.25) is 0 Å². The number of aliphatic hydroxyl groups excluding tert-OH is 1. The van der Waals surface area contributed by atoms with Crippen molar-refractivity contribution in [3.63, 3.8) is 0 Å².